The summed E-state index contributed by atoms with van der Waals surface area (Å²) < 4.78 is 18.8. The van der Waals surface area contributed by atoms with Crippen LogP contribution in [0.4, 0.5) is 4.39 Å². The fourth-order valence-corrected chi connectivity index (χ4v) is 3.11. The molecule has 0 saturated heterocycles. The van der Waals surface area contributed by atoms with E-state index in [2.05, 4.69) is 13.8 Å². The SMILES string of the molecule is COc1ccc(F)cc1C1(N)CCC(C)CC1C. The third kappa shape index (κ3) is 2.24. The van der Waals surface area contributed by atoms with Gasteiger partial charge in [0.25, 0.3) is 0 Å². The Morgan fingerprint density at radius 2 is 2.11 bits per heavy atom. The predicted molar refractivity (Wildman–Crippen MR) is 71.0 cm³/mol. The van der Waals surface area contributed by atoms with Crippen LogP contribution < -0.4 is 10.5 Å². The van der Waals surface area contributed by atoms with E-state index in [0.29, 0.717) is 17.6 Å². The second kappa shape index (κ2) is 4.88. The van der Waals surface area contributed by atoms with Crippen molar-refractivity contribution in [3.8, 4) is 5.75 Å². The van der Waals surface area contributed by atoms with Gasteiger partial charge in [0, 0.05) is 11.1 Å². The molecule has 1 aromatic rings. The average molecular weight is 251 g/mol. The predicted octanol–water partition coefficient (Wildman–Crippen LogP) is 3.44. The lowest BCUT2D eigenvalue weighted by Gasteiger charge is -2.42. The zero-order valence-electron chi connectivity index (χ0n) is 11.4. The van der Waals surface area contributed by atoms with E-state index in [-0.39, 0.29) is 5.82 Å². The number of benzene rings is 1. The first-order chi connectivity index (χ1) is 8.47. The Hall–Kier alpha value is -1.09. The Balaban J connectivity index is 2.43. The monoisotopic (exact) mass is 251 g/mol. The highest BCUT2D eigenvalue weighted by atomic mass is 19.1. The maximum atomic E-state index is 13.5. The Morgan fingerprint density at radius 1 is 1.39 bits per heavy atom. The summed E-state index contributed by atoms with van der Waals surface area (Å²) in [6.07, 6.45) is 3.05. The number of halogens is 1. The van der Waals surface area contributed by atoms with E-state index in [1.54, 1.807) is 13.2 Å². The fraction of sp³-hybridized carbons (Fsp3) is 0.600. The minimum absolute atomic E-state index is 0.249. The molecule has 0 aromatic heterocycles. The third-order valence-corrected chi connectivity index (χ3v) is 4.35. The van der Waals surface area contributed by atoms with Gasteiger partial charge >= 0.3 is 0 Å². The van der Waals surface area contributed by atoms with Crippen LogP contribution in [-0.4, -0.2) is 7.11 Å². The summed E-state index contributed by atoms with van der Waals surface area (Å²) in [6.45, 7) is 4.40. The quantitative estimate of drug-likeness (QED) is 0.873. The van der Waals surface area contributed by atoms with Gasteiger partial charge in [0.1, 0.15) is 11.6 Å². The van der Waals surface area contributed by atoms with Crippen molar-refractivity contribution < 1.29 is 9.13 Å². The molecule has 1 aliphatic carbocycles. The van der Waals surface area contributed by atoms with Gasteiger partial charge in [0.2, 0.25) is 0 Å². The number of rotatable bonds is 2. The van der Waals surface area contributed by atoms with Crippen LogP contribution in [0.3, 0.4) is 0 Å². The van der Waals surface area contributed by atoms with Crippen molar-refractivity contribution >= 4 is 0 Å². The standard InChI is InChI=1S/C15H22FNO/c1-10-6-7-15(17,11(2)8-10)13-9-12(16)4-5-14(13)18-3/h4-5,9-11H,6-8,17H2,1-3H3. The van der Waals surface area contributed by atoms with Crippen molar-refractivity contribution in [3.05, 3.63) is 29.6 Å². The first kappa shape index (κ1) is 13.3. The Labute approximate surface area is 108 Å². The molecule has 1 saturated carbocycles. The average Bonchev–Trinajstić information content (AvgIpc) is 2.34. The molecule has 3 unspecified atom stereocenters. The second-order valence-corrected chi connectivity index (χ2v) is 5.67. The number of nitrogens with two attached hydrogens (primary N) is 1. The van der Waals surface area contributed by atoms with Gasteiger partial charge in [-0.2, -0.15) is 0 Å². The summed E-state index contributed by atoms with van der Waals surface area (Å²) in [6, 6.07) is 4.62. The number of hydrogen-bond donors (Lipinski definition) is 1. The van der Waals surface area contributed by atoms with Gasteiger partial charge < -0.3 is 10.5 Å². The van der Waals surface area contributed by atoms with Crippen molar-refractivity contribution in [2.24, 2.45) is 17.6 Å². The van der Waals surface area contributed by atoms with Crippen LogP contribution >= 0.6 is 0 Å². The molecule has 1 aliphatic rings. The van der Waals surface area contributed by atoms with Crippen molar-refractivity contribution in [1.29, 1.82) is 0 Å². The molecule has 1 fully saturated rings. The molecule has 3 atom stereocenters. The topological polar surface area (TPSA) is 35.2 Å². The van der Waals surface area contributed by atoms with Gasteiger partial charge in [0.05, 0.1) is 7.11 Å². The Kier molecular flexibility index (Phi) is 3.62. The molecular weight excluding hydrogens is 229 g/mol. The Morgan fingerprint density at radius 3 is 2.72 bits per heavy atom. The largest absolute Gasteiger partial charge is 0.496 e. The van der Waals surface area contributed by atoms with E-state index >= 15 is 0 Å². The van der Waals surface area contributed by atoms with Gasteiger partial charge in [-0.1, -0.05) is 13.8 Å². The molecule has 0 radical (unpaired) electrons. The van der Waals surface area contributed by atoms with E-state index in [1.165, 1.54) is 12.1 Å². The number of methoxy groups -OCH3 is 1. The van der Waals surface area contributed by atoms with E-state index < -0.39 is 5.54 Å². The first-order valence-corrected chi connectivity index (χ1v) is 6.60. The smallest absolute Gasteiger partial charge is 0.124 e. The molecule has 0 amide bonds. The Bertz CT molecular complexity index is 435. The number of hydrogen-bond acceptors (Lipinski definition) is 2. The molecular formula is C15H22FNO. The fourth-order valence-electron chi connectivity index (χ4n) is 3.11. The van der Waals surface area contributed by atoms with Crippen molar-refractivity contribution in [3.63, 3.8) is 0 Å². The second-order valence-electron chi connectivity index (χ2n) is 5.67. The minimum atomic E-state index is -0.472. The summed E-state index contributed by atoms with van der Waals surface area (Å²) in [5, 5.41) is 0. The lowest BCUT2D eigenvalue weighted by molar-refractivity contribution is 0.160. The van der Waals surface area contributed by atoms with Gasteiger partial charge in [-0.3, -0.25) is 0 Å². The summed E-state index contributed by atoms with van der Waals surface area (Å²) >= 11 is 0. The molecule has 100 valence electrons. The van der Waals surface area contributed by atoms with E-state index in [0.717, 1.165) is 24.8 Å². The molecule has 2 nitrogen and oxygen atoms in total. The lowest BCUT2D eigenvalue weighted by Crippen LogP contribution is -2.46. The summed E-state index contributed by atoms with van der Waals surface area (Å²) in [4.78, 5) is 0. The van der Waals surface area contributed by atoms with Crippen LogP contribution in [0.2, 0.25) is 0 Å². The normalized spacial score (nSPS) is 32.3. The van der Waals surface area contributed by atoms with Crippen LogP contribution in [0.5, 0.6) is 5.75 Å². The molecule has 0 heterocycles. The molecule has 2 N–H and O–H groups in total. The summed E-state index contributed by atoms with van der Waals surface area (Å²) in [5.74, 6) is 1.47. The van der Waals surface area contributed by atoms with Crippen molar-refractivity contribution in [1.82, 2.24) is 0 Å². The maximum absolute atomic E-state index is 13.5. The van der Waals surface area contributed by atoms with Gasteiger partial charge in [-0.15, -0.1) is 0 Å². The van der Waals surface area contributed by atoms with Crippen LogP contribution in [0.1, 0.15) is 38.7 Å². The highest BCUT2D eigenvalue weighted by Gasteiger charge is 2.40. The summed E-state index contributed by atoms with van der Waals surface area (Å²) in [5.41, 5.74) is 6.92. The van der Waals surface area contributed by atoms with Crippen molar-refractivity contribution in [2.45, 2.75) is 38.6 Å². The molecule has 0 aliphatic heterocycles. The van der Waals surface area contributed by atoms with Gasteiger partial charge in [-0.25, -0.2) is 4.39 Å². The van der Waals surface area contributed by atoms with Crippen molar-refractivity contribution in [2.75, 3.05) is 7.11 Å². The molecule has 1 aromatic carbocycles. The zero-order valence-corrected chi connectivity index (χ0v) is 11.4. The highest BCUT2D eigenvalue weighted by Crippen LogP contribution is 2.44. The summed E-state index contributed by atoms with van der Waals surface area (Å²) in [7, 11) is 1.61. The molecule has 3 heteroatoms. The number of ether oxygens (including phenoxy) is 1. The highest BCUT2D eigenvalue weighted by molar-refractivity contribution is 5.40. The van der Waals surface area contributed by atoms with Gasteiger partial charge in [-0.05, 0) is 49.3 Å². The molecule has 0 spiro atoms. The van der Waals surface area contributed by atoms with E-state index in [9.17, 15) is 4.39 Å². The zero-order chi connectivity index (χ0) is 13.3. The first-order valence-electron chi connectivity index (χ1n) is 6.60. The van der Waals surface area contributed by atoms with Gasteiger partial charge in [0.15, 0.2) is 0 Å². The van der Waals surface area contributed by atoms with Crippen LogP contribution in [0.15, 0.2) is 18.2 Å². The molecule has 18 heavy (non-hydrogen) atoms. The van der Waals surface area contributed by atoms with Crippen LogP contribution in [0, 0.1) is 17.7 Å². The molecule has 2 rings (SSSR count). The van der Waals surface area contributed by atoms with Crippen LogP contribution in [0.25, 0.3) is 0 Å². The third-order valence-electron chi connectivity index (χ3n) is 4.35. The van der Waals surface area contributed by atoms with E-state index in [1.807, 2.05) is 0 Å². The minimum Gasteiger partial charge on any atom is -0.496 e. The molecule has 0 bridgehead atoms. The maximum Gasteiger partial charge on any atom is 0.124 e. The van der Waals surface area contributed by atoms with E-state index in [4.69, 9.17) is 10.5 Å². The lowest BCUT2D eigenvalue weighted by atomic mass is 9.67. The van der Waals surface area contributed by atoms with Crippen LogP contribution in [-0.2, 0) is 5.54 Å².